The van der Waals surface area contributed by atoms with E-state index in [-0.39, 0.29) is 5.34 Å². The third-order valence-corrected chi connectivity index (χ3v) is 2.08. The molecule has 72 valence electrons. The van der Waals surface area contributed by atoms with Crippen molar-refractivity contribution in [3.05, 3.63) is 12.0 Å². The van der Waals surface area contributed by atoms with Gasteiger partial charge in [0, 0.05) is 19.2 Å². The van der Waals surface area contributed by atoms with Crippen LogP contribution in [0.25, 0.3) is 0 Å². The molecule has 0 atom stereocenters. The van der Waals surface area contributed by atoms with Gasteiger partial charge in [-0.2, -0.15) is 4.39 Å². The molecular formula is C7H10F2N4. The minimum Gasteiger partial charge on any atom is -0.355 e. The third kappa shape index (κ3) is 1.71. The number of hydrogen-bond acceptors (Lipinski definition) is 4. The Bertz CT molecular complexity index is 257. The predicted molar refractivity (Wildman–Crippen MR) is 43.5 cm³/mol. The van der Waals surface area contributed by atoms with Crippen molar-refractivity contribution in [3.63, 3.8) is 0 Å². The van der Waals surface area contributed by atoms with Crippen LogP contribution in [0.15, 0.2) is 17.1 Å². The molecule has 2 aliphatic heterocycles. The Hall–Kier alpha value is -1.33. The number of amidine groups is 1. The van der Waals surface area contributed by atoms with Gasteiger partial charge < -0.3 is 4.90 Å². The zero-order chi connectivity index (χ0) is 9.26. The number of hydrazone groups is 1. The van der Waals surface area contributed by atoms with E-state index in [1.807, 2.05) is 4.90 Å². The van der Waals surface area contributed by atoms with Crippen molar-refractivity contribution in [2.45, 2.75) is 12.8 Å². The summed E-state index contributed by atoms with van der Waals surface area (Å²) in [5.41, 5.74) is 1.78. The van der Waals surface area contributed by atoms with E-state index < -0.39 is 5.95 Å². The van der Waals surface area contributed by atoms with Crippen LogP contribution in [-0.4, -0.2) is 29.2 Å². The molecule has 4 nitrogen and oxygen atoms in total. The van der Waals surface area contributed by atoms with Crippen molar-refractivity contribution in [2.24, 2.45) is 5.10 Å². The minimum atomic E-state index is -0.723. The highest BCUT2D eigenvalue weighted by Gasteiger charge is 2.20. The van der Waals surface area contributed by atoms with Crippen molar-refractivity contribution in [3.8, 4) is 0 Å². The van der Waals surface area contributed by atoms with Crippen LogP contribution < -0.4 is 5.43 Å². The Morgan fingerprint density at radius 3 is 2.69 bits per heavy atom. The van der Waals surface area contributed by atoms with Crippen LogP contribution in [0, 0.1) is 0 Å². The van der Waals surface area contributed by atoms with E-state index in [1.165, 1.54) is 6.08 Å². The number of hydrogen-bond donors (Lipinski definition) is 1. The molecule has 1 saturated heterocycles. The fourth-order valence-electron chi connectivity index (χ4n) is 1.48. The van der Waals surface area contributed by atoms with Crippen LogP contribution >= 0.6 is 0 Å². The molecule has 0 aliphatic carbocycles. The normalized spacial score (nSPS) is 22.6. The number of halogens is 2. The summed E-state index contributed by atoms with van der Waals surface area (Å²) >= 11 is 0. The first kappa shape index (κ1) is 8.28. The molecule has 13 heavy (non-hydrogen) atoms. The molecule has 6 heteroatoms. The van der Waals surface area contributed by atoms with Gasteiger partial charge in [-0.3, -0.25) is 0 Å². The smallest absolute Gasteiger partial charge is 0.212 e. The Balaban J connectivity index is 2.12. The van der Waals surface area contributed by atoms with Gasteiger partial charge in [0.05, 0.1) is 0 Å². The molecule has 0 radical (unpaired) electrons. The van der Waals surface area contributed by atoms with E-state index in [1.54, 1.807) is 5.43 Å². The first-order chi connectivity index (χ1) is 6.25. The lowest BCUT2D eigenvalue weighted by Gasteiger charge is -2.22. The van der Waals surface area contributed by atoms with Gasteiger partial charge in [0.1, 0.15) is 0 Å². The maximum absolute atomic E-state index is 12.7. The molecule has 2 heterocycles. The number of likely N-dealkylation sites (tertiary alicyclic amines) is 1. The number of rotatable bonds is 0. The zero-order valence-corrected chi connectivity index (χ0v) is 7.00. The molecule has 0 aromatic heterocycles. The summed E-state index contributed by atoms with van der Waals surface area (Å²) in [7, 11) is 0. The van der Waals surface area contributed by atoms with Gasteiger partial charge in [-0.25, -0.2) is 5.43 Å². The molecule has 0 spiro atoms. The lowest BCUT2D eigenvalue weighted by Crippen LogP contribution is -2.36. The molecule has 0 unspecified atom stereocenters. The SMILES string of the molecule is FC1=CC(N2CCCC2)=NN(F)N1. The van der Waals surface area contributed by atoms with Crippen LogP contribution in [0.2, 0.25) is 0 Å². The second kappa shape index (κ2) is 3.20. The van der Waals surface area contributed by atoms with E-state index >= 15 is 0 Å². The maximum Gasteiger partial charge on any atom is 0.212 e. The first-order valence-corrected chi connectivity index (χ1v) is 4.19. The molecule has 0 aromatic carbocycles. The van der Waals surface area contributed by atoms with Gasteiger partial charge in [0.2, 0.25) is 5.95 Å². The quantitative estimate of drug-likeness (QED) is 0.453. The molecule has 1 fully saturated rings. The average Bonchev–Trinajstić information content (AvgIpc) is 2.53. The lowest BCUT2D eigenvalue weighted by atomic mass is 10.4. The van der Waals surface area contributed by atoms with Crippen molar-refractivity contribution in [2.75, 3.05) is 13.1 Å². The molecule has 0 amide bonds. The van der Waals surface area contributed by atoms with Crippen LogP contribution in [0.1, 0.15) is 12.8 Å². The van der Waals surface area contributed by atoms with Crippen molar-refractivity contribution < 1.29 is 8.87 Å². The summed E-state index contributed by atoms with van der Waals surface area (Å²) in [6.07, 6.45) is 3.30. The predicted octanol–water partition coefficient (Wildman–Crippen LogP) is 0.911. The Kier molecular flexibility index (Phi) is 2.03. The van der Waals surface area contributed by atoms with Gasteiger partial charge in [-0.05, 0) is 18.2 Å². The van der Waals surface area contributed by atoms with Crippen LogP contribution in [-0.2, 0) is 0 Å². The zero-order valence-electron chi connectivity index (χ0n) is 7.00. The molecule has 0 aromatic rings. The Labute approximate surface area is 74.4 Å². The van der Waals surface area contributed by atoms with Crippen LogP contribution in [0.5, 0.6) is 0 Å². The first-order valence-electron chi connectivity index (χ1n) is 4.19. The Morgan fingerprint density at radius 2 is 2.08 bits per heavy atom. The summed E-state index contributed by atoms with van der Waals surface area (Å²) in [6.45, 7) is 1.63. The molecule has 2 rings (SSSR count). The van der Waals surface area contributed by atoms with E-state index in [9.17, 15) is 8.87 Å². The highest BCUT2D eigenvalue weighted by Crippen LogP contribution is 2.13. The summed E-state index contributed by atoms with van der Waals surface area (Å²) in [5.74, 6) is -0.379. The van der Waals surface area contributed by atoms with Crippen LogP contribution in [0.3, 0.4) is 0 Å². The lowest BCUT2D eigenvalue weighted by molar-refractivity contribution is -0.0292. The van der Waals surface area contributed by atoms with E-state index in [4.69, 9.17) is 0 Å². The van der Waals surface area contributed by atoms with Crippen molar-refractivity contribution in [1.29, 1.82) is 0 Å². The van der Waals surface area contributed by atoms with Gasteiger partial charge in [0.15, 0.2) is 5.84 Å². The van der Waals surface area contributed by atoms with Gasteiger partial charge in [-0.1, -0.05) is 4.48 Å². The van der Waals surface area contributed by atoms with E-state index in [2.05, 4.69) is 5.10 Å². The van der Waals surface area contributed by atoms with E-state index in [0.717, 1.165) is 25.9 Å². The largest absolute Gasteiger partial charge is 0.355 e. The number of hydrazine groups is 1. The average molecular weight is 188 g/mol. The standard InChI is InChI=1S/C7H10F2N4/c8-6-5-7(11-13(9)10-6)12-3-1-2-4-12/h5,10H,1-4H2. The third-order valence-electron chi connectivity index (χ3n) is 2.08. The van der Waals surface area contributed by atoms with Crippen molar-refractivity contribution in [1.82, 2.24) is 15.7 Å². The second-order valence-electron chi connectivity index (χ2n) is 3.02. The summed E-state index contributed by atoms with van der Waals surface area (Å²) in [5, 5.41) is 3.39. The van der Waals surface area contributed by atoms with Crippen molar-refractivity contribution >= 4 is 5.84 Å². The van der Waals surface area contributed by atoms with E-state index in [0.29, 0.717) is 5.84 Å². The second-order valence-corrected chi connectivity index (χ2v) is 3.02. The maximum atomic E-state index is 12.7. The summed E-state index contributed by atoms with van der Waals surface area (Å²) < 4.78 is 25.3. The van der Waals surface area contributed by atoms with Crippen LogP contribution in [0.4, 0.5) is 8.87 Å². The summed E-state index contributed by atoms with van der Waals surface area (Å²) in [4.78, 5) is 1.85. The fraction of sp³-hybridized carbons (Fsp3) is 0.571. The number of nitrogens with one attached hydrogen (secondary N) is 1. The molecular weight excluding hydrogens is 178 g/mol. The molecule has 0 bridgehead atoms. The Morgan fingerprint density at radius 1 is 1.38 bits per heavy atom. The minimum absolute atomic E-state index is 0.108. The van der Waals surface area contributed by atoms with Gasteiger partial charge in [0.25, 0.3) is 0 Å². The summed E-state index contributed by atoms with van der Waals surface area (Å²) in [6, 6.07) is 0. The fourth-order valence-corrected chi connectivity index (χ4v) is 1.48. The molecule has 1 N–H and O–H groups in total. The topological polar surface area (TPSA) is 30.9 Å². The van der Waals surface area contributed by atoms with Gasteiger partial charge in [-0.15, -0.1) is 5.10 Å². The number of nitrogens with zero attached hydrogens (tertiary/aromatic N) is 3. The highest BCUT2D eigenvalue weighted by molar-refractivity contribution is 5.93. The molecule has 0 saturated carbocycles. The monoisotopic (exact) mass is 188 g/mol. The highest BCUT2D eigenvalue weighted by atomic mass is 19.2. The molecule has 2 aliphatic rings. The van der Waals surface area contributed by atoms with Gasteiger partial charge >= 0.3 is 0 Å².